The average molecular weight is 205 g/mol. The number of hydrogen-bond acceptors (Lipinski definition) is 1. The van der Waals surface area contributed by atoms with Gasteiger partial charge in [-0.25, -0.2) is 0 Å². The first-order chi connectivity index (χ1) is 7.16. The van der Waals surface area contributed by atoms with Crippen LogP contribution in [0.3, 0.4) is 0 Å². The Kier molecular flexibility index (Phi) is 8.75. The summed E-state index contributed by atoms with van der Waals surface area (Å²) in [7, 11) is 0. The Morgan fingerprint density at radius 3 is 2.47 bits per heavy atom. The molecular formula is C14H23N. The van der Waals surface area contributed by atoms with Gasteiger partial charge in [-0.3, -0.25) is 4.99 Å². The summed E-state index contributed by atoms with van der Waals surface area (Å²) in [5.41, 5.74) is 2.54. The van der Waals surface area contributed by atoms with Gasteiger partial charge in [0.25, 0.3) is 0 Å². The fraction of sp³-hybridized carbons (Fsp3) is 0.500. The Morgan fingerprint density at radius 1 is 1.13 bits per heavy atom. The minimum absolute atomic E-state index is 0.942. The van der Waals surface area contributed by atoms with Gasteiger partial charge in [-0.05, 0) is 38.8 Å². The second-order valence-electron chi connectivity index (χ2n) is 3.92. The molecule has 0 aliphatic heterocycles. The summed E-state index contributed by atoms with van der Waals surface area (Å²) in [5, 5.41) is 0. The topological polar surface area (TPSA) is 12.4 Å². The highest BCUT2D eigenvalue weighted by molar-refractivity contribution is 5.72. The molecule has 0 amide bonds. The summed E-state index contributed by atoms with van der Waals surface area (Å²) < 4.78 is 0. The predicted molar refractivity (Wildman–Crippen MR) is 70.6 cm³/mol. The van der Waals surface area contributed by atoms with E-state index in [0.717, 1.165) is 6.54 Å². The zero-order chi connectivity index (χ0) is 11.5. The monoisotopic (exact) mass is 205 g/mol. The van der Waals surface area contributed by atoms with E-state index in [4.69, 9.17) is 0 Å². The van der Waals surface area contributed by atoms with Crippen LogP contribution in [-0.4, -0.2) is 12.8 Å². The molecule has 0 spiro atoms. The second kappa shape index (κ2) is 9.45. The van der Waals surface area contributed by atoms with Crippen LogP contribution in [0.4, 0.5) is 0 Å². The van der Waals surface area contributed by atoms with Crippen molar-refractivity contribution in [3.63, 3.8) is 0 Å². The molecule has 0 atom stereocenters. The number of nitrogens with zero attached hydrogens (tertiary/aromatic N) is 1. The van der Waals surface area contributed by atoms with Gasteiger partial charge in [-0.2, -0.15) is 0 Å². The molecule has 15 heavy (non-hydrogen) atoms. The zero-order valence-electron chi connectivity index (χ0n) is 10.5. The Hall–Kier alpha value is -1.11. The van der Waals surface area contributed by atoms with Gasteiger partial charge >= 0.3 is 0 Å². The molecule has 0 aromatic rings. The summed E-state index contributed by atoms with van der Waals surface area (Å²) in [5.74, 6) is 0. The van der Waals surface area contributed by atoms with E-state index in [1.54, 1.807) is 0 Å². The minimum atomic E-state index is 0.942. The SMILES string of the molecule is CCCCN=C/C=C(C)/C=C/C=C(C)C. The van der Waals surface area contributed by atoms with Crippen molar-refractivity contribution in [1.82, 2.24) is 0 Å². The van der Waals surface area contributed by atoms with Crippen LogP contribution in [0, 0.1) is 0 Å². The molecule has 0 bridgehead atoms. The van der Waals surface area contributed by atoms with Gasteiger partial charge in [0.15, 0.2) is 0 Å². The largest absolute Gasteiger partial charge is 0.293 e. The van der Waals surface area contributed by atoms with E-state index in [-0.39, 0.29) is 0 Å². The van der Waals surface area contributed by atoms with Crippen LogP contribution in [0.1, 0.15) is 40.5 Å². The molecule has 0 heterocycles. The van der Waals surface area contributed by atoms with Gasteiger partial charge in [-0.1, -0.05) is 37.1 Å². The number of rotatable bonds is 6. The maximum atomic E-state index is 4.29. The first-order valence-corrected chi connectivity index (χ1v) is 5.65. The molecule has 0 saturated heterocycles. The Balaban J connectivity index is 3.93. The molecule has 0 saturated carbocycles. The highest BCUT2D eigenvalue weighted by Crippen LogP contribution is 1.96. The van der Waals surface area contributed by atoms with Crippen molar-refractivity contribution < 1.29 is 0 Å². The van der Waals surface area contributed by atoms with Crippen molar-refractivity contribution >= 4 is 6.21 Å². The Morgan fingerprint density at radius 2 is 1.87 bits per heavy atom. The van der Waals surface area contributed by atoms with Crippen LogP contribution >= 0.6 is 0 Å². The quantitative estimate of drug-likeness (QED) is 0.348. The van der Waals surface area contributed by atoms with E-state index in [1.165, 1.54) is 24.0 Å². The normalized spacial score (nSPS) is 12.7. The van der Waals surface area contributed by atoms with Gasteiger partial charge in [0, 0.05) is 12.8 Å². The molecule has 0 N–H and O–H groups in total. The summed E-state index contributed by atoms with van der Waals surface area (Å²) in [6, 6.07) is 0. The zero-order valence-corrected chi connectivity index (χ0v) is 10.5. The number of hydrogen-bond donors (Lipinski definition) is 0. The van der Waals surface area contributed by atoms with Crippen LogP contribution in [0.5, 0.6) is 0 Å². The number of aliphatic imine (C=N–C) groups is 1. The second-order valence-corrected chi connectivity index (χ2v) is 3.92. The lowest BCUT2D eigenvalue weighted by Gasteiger charge is -1.89. The molecule has 0 fully saturated rings. The number of allylic oxidation sites excluding steroid dienone is 6. The number of unbranched alkanes of at least 4 members (excludes halogenated alkanes) is 1. The van der Waals surface area contributed by atoms with E-state index in [9.17, 15) is 0 Å². The fourth-order valence-corrected chi connectivity index (χ4v) is 0.942. The maximum Gasteiger partial charge on any atom is 0.0389 e. The van der Waals surface area contributed by atoms with E-state index in [0.29, 0.717) is 0 Å². The highest BCUT2D eigenvalue weighted by Gasteiger charge is 1.79. The molecule has 0 aromatic carbocycles. The van der Waals surface area contributed by atoms with Gasteiger partial charge < -0.3 is 0 Å². The minimum Gasteiger partial charge on any atom is -0.293 e. The van der Waals surface area contributed by atoms with Crippen LogP contribution in [-0.2, 0) is 0 Å². The van der Waals surface area contributed by atoms with Crippen molar-refractivity contribution in [3.8, 4) is 0 Å². The molecular weight excluding hydrogens is 182 g/mol. The van der Waals surface area contributed by atoms with Gasteiger partial charge in [0.05, 0.1) is 0 Å². The van der Waals surface area contributed by atoms with Crippen molar-refractivity contribution in [3.05, 3.63) is 35.5 Å². The summed E-state index contributed by atoms with van der Waals surface area (Å²) in [6.45, 7) is 9.39. The van der Waals surface area contributed by atoms with Crippen LogP contribution in [0.25, 0.3) is 0 Å². The van der Waals surface area contributed by atoms with Crippen LogP contribution in [0.2, 0.25) is 0 Å². The molecule has 0 aromatic heterocycles. The molecule has 84 valence electrons. The van der Waals surface area contributed by atoms with Gasteiger partial charge in [-0.15, -0.1) is 0 Å². The van der Waals surface area contributed by atoms with Gasteiger partial charge in [0.2, 0.25) is 0 Å². The molecule has 0 unspecified atom stereocenters. The van der Waals surface area contributed by atoms with E-state index < -0.39 is 0 Å². The Bertz CT molecular complexity index is 263. The first-order valence-electron chi connectivity index (χ1n) is 5.65. The Labute approximate surface area is 94.3 Å². The third-order valence-electron chi connectivity index (χ3n) is 1.87. The third kappa shape index (κ3) is 10.8. The first kappa shape index (κ1) is 13.9. The van der Waals surface area contributed by atoms with Crippen molar-refractivity contribution in [2.45, 2.75) is 40.5 Å². The van der Waals surface area contributed by atoms with Crippen LogP contribution in [0.15, 0.2) is 40.4 Å². The summed E-state index contributed by atoms with van der Waals surface area (Å²) in [4.78, 5) is 4.29. The summed E-state index contributed by atoms with van der Waals surface area (Å²) >= 11 is 0. The van der Waals surface area contributed by atoms with E-state index in [2.05, 4.69) is 50.9 Å². The molecule has 0 rings (SSSR count). The standard InChI is InChI=1S/C14H23N/c1-5-6-11-15-12-10-14(4)9-7-8-13(2)3/h7-10,12H,5-6,11H2,1-4H3/b9-7+,14-10+,15-12?. The smallest absolute Gasteiger partial charge is 0.0389 e. The predicted octanol–water partition coefficient (Wildman–Crippen LogP) is 4.33. The fourth-order valence-electron chi connectivity index (χ4n) is 0.942. The van der Waals surface area contributed by atoms with Crippen molar-refractivity contribution in [2.75, 3.05) is 6.54 Å². The van der Waals surface area contributed by atoms with E-state index in [1.807, 2.05) is 12.3 Å². The highest BCUT2D eigenvalue weighted by atomic mass is 14.7. The maximum absolute atomic E-state index is 4.29. The summed E-state index contributed by atoms with van der Waals surface area (Å²) in [6.07, 6.45) is 12.6. The van der Waals surface area contributed by atoms with Crippen molar-refractivity contribution in [1.29, 1.82) is 0 Å². The van der Waals surface area contributed by atoms with Gasteiger partial charge in [0.1, 0.15) is 0 Å². The lowest BCUT2D eigenvalue weighted by atomic mass is 10.2. The molecule has 0 radical (unpaired) electrons. The molecule has 1 nitrogen and oxygen atoms in total. The molecule has 0 aliphatic rings. The third-order valence-corrected chi connectivity index (χ3v) is 1.87. The lowest BCUT2D eigenvalue weighted by molar-refractivity contribution is 0.810. The molecule has 1 heteroatoms. The van der Waals surface area contributed by atoms with Crippen LogP contribution < -0.4 is 0 Å². The lowest BCUT2D eigenvalue weighted by Crippen LogP contribution is -1.79. The van der Waals surface area contributed by atoms with E-state index >= 15 is 0 Å². The van der Waals surface area contributed by atoms with Crippen molar-refractivity contribution in [2.24, 2.45) is 4.99 Å². The average Bonchev–Trinajstić information content (AvgIpc) is 2.17. The molecule has 0 aliphatic carbocycles.